The summed E-state index contributed by atoms with van der Waals surface area (Å²) in [6, 6.07) is 0. The van der Waals surface area contributed by atoms with E-state index in [1.54, 1.807) is 0 Å². The lowest BCUT2D eigenvalue weighted by molar-refractivity contribution is 0.0813. The van der Waals surface area contributed by atoms with E-state index in [9.17, 15) is 0 Å². The normalized spacial score (nSPS) is 22.8. The van der Waals surface area contributed by atoms with Crippen LogP contribution in [0.1, 0.15) is 46.5 Å². The third-order valence-corrected chi connectivity index (χ3v) is 4.35. The van der Waals surface area contributed by atoms with Crippen molar-refractivity contribution in [2.45, 2.75) is 52.0 Å². The second-order valence-corrected chi connectivity index (χ2v) is 5.33. The molecule has 0 radical (unpaired) electrons. The Kier molecular flexibility index (Phi) is 4.60. The van der Waals surface area contributed by atoms with E-state index in [0.717, 1.165) is 18.4 Å². The van der Waals surface area contributed by atoms with Crippen LogP contribution in [0.2, 0.25) is 0 Å². The van der Waals surface area contributed by atoms with Crippen LogP contribution in [0.15, 0.2) is 0 Å². The lowest BCUT2D eigenvalue weighted by Gasteiger charge is -2.42. The standard InChI is InChI=1S/C13H28N2/c1-5-11(3)9-15(4)13(6-2,10-14)12-7-8-12/h11-12H,5-10,14H2,1-4H3. The lowest BCUT2D eigenvalue weighted by atomic mass is 9.87. The number of hydrogen-bond donors (Lipinski definition) is 1. The Morgan fingerprint density at radius 3 is 2.33 bits per heavy atom. The van der Waals surface area contributed by atoms with E-state index in [1.165, 1.54) is 32.2 Å². The molecular formula is C13H28N2. The van der Waals surface area contributed by atoms with Gasteiger partial charge in [-0.3, -0.25) is 4.90 Å². The van der Waals surface area contributed by atoms with E-state index in [0.29, 0.717) is 5.54 Å². The molecule has 2 heteroatoms. The van der Waals surface area contributed by atoms with Gasteiger partial charge in [0.15, 0.2) is 0 Å². The molecule has 0 bridgehead atoms. The Hall–Kier alpha value is -0.0800. The van der Waals surface area contributed by atoms with Gasteiger partial charge in [0.05, 0.1) is 0 Å². The summed E-state index contributed by atoms with van der Waals surface area (Å²) in [4.78, 5) is 2.54. The molecule has 0 spiro atoms. The van der Waals surface area contributed by atoms with Crippen LogP contribution in [-0.2, 0) is 0 Å². The molecule has 1 saturated carbocycles. The Morgan fingerprint density at radius 2 is 2.00 bits per heavy atom. The van der Waals surface area contributed by atoms with Crippen LogP contribution in [0.4, 0.5) is 0 Å². The number of rotatable bonds is 7. The van der Waals surface area contributed by atoms with E-state index in [1.807, 2.05) is 0 Å². The second kappa shape index (κ2) is 5.31. The quantitative estimate of drug-likeness (QED) is 0.702. The topological polar surface area (TPSA) is 29.3 Å². The van der Waals surface area contributed by atoms with Gasteiger partial charge in [-0.05, 0) is 38.1 Å². The van der Waals surface area contributed by atoms with Crippen molar-refractivity contribution < 1.29 is 0 Å². The van der Waals surface area contributed by atoms with Gasteiger partial charge in [0.2, 0.25) is 0 Å². The van der Waals surface area contributed by atoms with Gasteiger partial charge in [0.25, 0.3) is 0 Å². The first-order chi connectivity index (χ1) is 7.10. The highest BCUT2D eigenvalue weighted by molar-refractivity contribution is 5.01. The first-order valence-corrected chi connectivity index (χ1v) is 6.52. The summed E-state index contributed by atoms with van der Waals surface area (Å²) in [6.45, 7) is 8.91. The molecule has 1 aliphatic rings. The minimum atomic E-state index is 0.295. The SMILES string of the molecule is CCC(C)CN(C)C(CC)(CN)C1CC1. The molecule has 0 aliphatic heterocycles. The maximum absolute atomic E-state index is 6.04. The van der Waals surface area contributed by atoms with Gasteiger partial charge >= 0.3 is 0 Å². The van der Waals surface area contributed by atoms with Crippen molar-refractivity contribution in [1.82, 2.24) is 4.90 Å². The smallest absolute Gasteiger partial charge is 0.0354 e. The summed E-state index contributed by atoms with van der Waals surface area (Å²) >= 11 is 0. The molecule has 2 unspecified atom stereocenters. The van der Waals surface area contributed by atoms with Crippen LogP contribution in [-0.4, -0.2) is 30.6 Å². The van der Waals surface area contributed by atoms with E-state index in [2.05, 4.69) is 32.7 Å². The van der Waals surface area contributed by atoms with Crippen LogP contribution in [0.5, 0.6) is 0 Å². The zero-order chi connectivity index (χ0) is 11.5. The van der Waals surface area contributed by atoms with Gasteiger partial charge in [0, 0.05) is 18.6 Å². The highest BCUT2D eigenvalue weighted by Crippen LogP contribution is 2.44. The summed E-state index contributed by atoms with van der Waals surface area (Å²) in [5.41, 5.74) is 6.33. The fourth-order valence-electron chi connectivity index (χ4n) is 2.74. The third-order valence-electron chi connectivity index (χ3n) is 4.35. The van der Waals surface area contributed by atoms with E-state index in [4.69, 9.17) is 5.73 Å². The zero-order valence-electron chi connectivity index (χ0n) is 10.9. The second-order valence-electron chi connectivity index (χ2n) is 5.33. The van der Waals surface area contributed by atoms with Gasteiger partial charge in [0.1, 0.15) is 0 Å². The third kappa shape index (κ3) is 2.73. The van der Waals surface area contributed by atoms with E-state index in [-0.39, 0.29) is 0 Å². The van der Waals surface area contributed by atoms with Gasteiger partial charge < -0.3 is 5.73 Å². The highest BCUT2D eigenvalue weighted by Gasteiger charge is 2.45. The van der Waals surface area contributed by atoms with Gasteiger partial charge in [-0.2, -0.15) is 0 Å². The van der Waals surface area contributed by atoms with Crippen LogP contribution in [0.25, 0.3) is 0 Å². The molecule has 1 fully saturated rings. The Labute approximate surface area is 95.2 Å². The monoisotopic (exact) mass is 212 g/mol. The van der Waals surface area contributed by atoms with Crippen molar-refractivity contribution in [2.24, 2.45) is 17.6 Å². The minimum Gasteiger partial charge on any atom is -0.329 e. The summed E-state index contributed by atoms with van der Waals surface area (Å²) in [5, 5.41) is 0. The maximum Gasteiger partial charge on any atom is 0.0354 e. The molecule has 0 aromatic carbocycles. The molecule has 0 aromatic heterocycles. The number of hydrogen-bond acceptors (Lipinski definition) is 2. The molecule has 1 rings (SSSR count). The average molecular weight is 212 g/mol. The summed E-state index contributed by atoms with van der Waals surface area (Å²) in [7, 11) is 2.26. The van der Waals surface area contributed by atoms with Crippen LogP contribution in [0, 0.1) is 11.8 Å². The van der Waals surface area contributed by atoms with Gasteiger partial charge in [-0.15, -0.1) is 0 Å². The summed E-state index contributed by atoms with van der Waals surface area (Å²) < 4.78 is 0. The molecule has 0 amide bonds. The Morgan fingerprint density at radius 1 is 1.40 bits per heavy atom. The molecule has 0 saturated heterocycles. The predicted octanol–water partition coefficient (Wildman–Crippen LogP) is 2.48. The van der Waals surface area contributed by atoms with Crippen molar-refractivity contribution >= 4 is 0 Å². The molecule has 2 atom stereocenters. The fourth-order valence-corrected chi connectivity index (χ4v) is 2.74. The van der Waals surface area contributed by atoms with Crippen molar-refractivity contribution in [3.8, 4) is 0 Å². The maximum atomic E-state index is 6.04. The van der Waals surface area contributed by atoms with Crippen LogP contribution < -0.4 is 5.73 Å². The first-order valence-electron chi connectivity index (χ1n) is 6.52. The summed E-state index contributed by atoms with van der Waals surface area (Å²) in [6.07, 6.45) is 5.23. The molecular weight excluding hydrogens is 184 g/mol. The van der Waals surface area contributed by atoms with Gasteiger partial charge in [-0.1, -0.05) is 27.2 Å². The largest absolute Gasteiger partial charge is 0.329 e. The number of likely N-dealkylation sites (N-methyl/N-ethyl adjacent to an activating group) is 1. The molecule has 0 heterocycles. The highest BCUT2D eigenvalue weighted by atomic mass is 15.2. The van der Waals surface area contributed by atoms with Crippen LogP contribution in [0.3, 0.4) is 0 Å². The molecule has 2 nitrogen and oxygen atoms in total. The predicted molar refractivity (Wildman–Crippen MR) is 66.9 cm³/mol. The summed E-state index contributed by atoms with van der Waals surface area (Å²) in [5.74, 6) is 1.65. The average Bonchev–Trinajstić information content (AvgIpc) is 3.05. The van der Waals surface area contributed by atoms with E-state index < -0.39 is 0 Å². The fraction of sp³-hybridized carbons (Fsp3) is 1.00. The Bertz CT molecular complexity index is 183. The molecule has 2 N–H and O–H groups in total. The molecule has 15 heavy (non-hydrogen) atoms. The van der Waals surface area contributed by atoms with Crippen molar-refractivity contribution in [3.05, 3.63) is 0 Å². The number of nitrogens with zero attached hydrogens (tertiary/aromatic N) is 1. The first kappa shape index (κ1) is 13.0. The van der Waals surface area contributed by atoms with Crippen LogP contribution >= 0.6 is 0 Å². The lowest BCUT2D eigenvalue weighted by Crippen LogP contribution is -2.54. The van der Waals surface area contributed by atoms with Crippen molar-refractivity contribution in [2.75, 3.05) is 20.1 Å². The van der Waals surface area contributed by atoms with Crippen molar-refractivity contribution in [3.63, 3.8) is 0 Å². The van der Waals surface area contributed by atoms with E-state index >= 15 is 0 Å². The molecule has 0 aromatic rings. The Balaban J connectivity index is 2.61. The molecule has 1 aliphatic carbocycles. The van der Waals surface area contributed by atoms with Gasteiger partial charge in [-0.25, -0.2) is 0 Å². The van der Waals surface area contributed by atoms with Crippen molar-refractivity contribution in [1.29, 1.82) is 0 Å². The molecule has 90 valence electrons. The zero-order valence-corrected chi connectivity index (χ0v) is 10.9. The number of nitrogens with two attached hydrogens (primary N) is 1. The minimum absolute atomic E-state index is 0.295.